The molecule has 2 N–H and O–H groups in total. The van der Waals surface area contributed by atoms with Crippen LogP contribution in [0.1, 0.15) is 63.0 Å². The summed E-state index contributed by atoms with van der Waals surface area (Å²) in [6.45, 7) is 7.92. The number of hydrogen-bond donors (Lipinski definition) is 2. The molecule has 0 atom stereocenters. The molecule has 11 nitrogen and oxygen atoms in total. The van der Waals surface area contributed by atoms with Crippen molar-refractivity contribution in [3.63, 3.8) is 0 Å². The number of pyridine rings is 1. The lowest BCUT2D eigenvalue weighted by atomic mass is 10.0. The number of carbonyl (C=O) groups is 1. The third kappa shape index (κ3) is 5.62. The number of nitrogens with zero attached hydrogens (tertiary/aromatic N) is 5. The molecule has 5 aromatic rings. The topological polar surface area (TPSA) is 136 Å². The van der Waals surface area contributed by atoms with E-state index >= 15 is 0 Å². The highest BCUT2D eigenvalue weighted by Crippen LogP contribution is 2.36. The van der Waals surface area contributed by atoms with Gasteiger partial charge in [0.25, 0.3) is 0 Å². The molecule has 2 aliphatic rings. The number of ether oxygens (including phenoxy) is 1. The number of benzene rings is 1. The molecule has 4 aromatic heterocycles. The van der Waals surface area contributed by atoms with Crippen LogP contribution in [-0.2, 0) is 4.74 Å². The molecule has 11 heteroatoms. The molecule has 1 saturated heterocycles. The van der Waals surface area contributed by atoms with E-state index in [0.717, 1.165) is 36.7 Å². The van der Waals surface area contributed by atoms with Crippen molar-refractivity contribution in [3.05, 3.63) is 64.8 Å². The zero-order valence-corrected chi connectivity index (χ0v) is 25.2. The number of carbonyl (C=O) groups excluding carboxylic acids is 1. The van der Waals surface area contributed by atoms with Gasteiger partial charge in [-0.25, -0.2) is 4.98 Å². The smallest absolute Gasteiger partial charge is 0.229 e. The molecule has 0 spiro atoms. The molecule has 0 unspecified atom stereocenters. The maximum Gasteiger partial charge on any atom is 0.229 e. The number of fused-ring (bicyclic) bond motifs is 2. The van der Waals surface area contributed by atoms with E-state index in [9.17, 15) is 14.7 Å². The number of phenols is 1. The summed E-state index contributed by atoms with van der Waals surface area (Å²) in [4.78, 5) is 41.2. The van der Waals surface area contributed by atoms with Crippen LogP contribution in [0.2, 0.25) is 0 Å². The quantitative estimate of drug-likeness (QED) is 0.217. The predicted molar refractivity (Wildman–Crippen MR) is 170 cm³/mol. The van der Waals surface area contributed by atoms with E-state index in [1.165, 1.54) is 12.1 Å². The van der Waals surface area contributed by atoms with Crippen LogP contribution in [0.25, 0.3) is 33.1 Å². The van der Waals surface area contributed by atoms with Crippen molar-refractivity contribution in [1.82, 2.24) is 19.5 Å². The summed E-state index contributed by atoms with van der Waals surface area (Å²) in [6.07, 6.45) is 9.32. The zero-order valence-electron chi connectivity index (χ0n) is 25.2. The lowest BCUT2D eigenvalue weighted by Gasteiger charge is -2.27. The average molecular weight is 597 g/mol. The fourth-order valence-corrected chi connectivity index (χ4v) is 6.04. The highest BCUT2D eigenvalue weighted by Gasteiger charge is 2.25. The van der Waals surface area contributed by atoms with Gasteiger partial charge in [-0.1, -0.05) is 26.7 Å². The fraction of sp³-hybridized carbons (Fsp3) is 0.364. The van der Waals surface area contributed by atoms with Gasteiger partial charge in [-0.3, -0.25) is 14.6 Å². The van der Waals surface area contributed by atoms with Gasteiger partial charge in [0.15, 0.2) is 17.1 Å². The summed E-state index contributed by atoms with van der Waals surface area (Å²) >= 11 is 0. The molecule has 1 saturated carbocycles. The first-order chi connectivity index (χ1) is 21.4. The van der Waals surface area contributed by atoms with Crippen LogP contribution in [-0.4, -0.2) is 56.7 Å². The predicted octanol–water partition coefficient (Wildman–Crippen LogP) is 6.23. The number of ketones is 1. The summed E-state index contributed by atoms with van der Waals surface area (Å²) in [5.41, 5.74) is 3.29. The molecular weight excluding hydrogens is 560 g/mol. The molecule has 1 aromatic carbocycles. The Morgan fingerprint density at radius 1 is 1.02 bits per heavy atom. The van der Waals surface area contributed by atoms with Gasteiger partial charge in [-0.15, -0.1) is 0 Å². The van der Waals surface area contributed by atoms with Gasteiger partial charge >= 0.3 is 0 Å². The first-order valence-corrected chi connectivity index (χ1v) is 15.2. The first-order valence-electron chi connectivity index (χ1n) is 15.2. The van der Waals surface area contributed by atoms with Crippen LogP contribution in [0.3, 0.4) is 0 Å². The second-order valence-electron chi connectivity index (χ2n) is 10.9. The van der Waals surface area contributed by atoms with E-state index in [4.69, 9.17) is 14.1 Å². The van der Waals surface area contributed by atoms with E-state index < -0.39 is 0 Å². The Hall–Kier alpha value is -4.77. The monoisotopic (exact) mass is 596 g/mol. The molecule has 1 aliphatic carbocycles. The van der Waals surface area contributed by atoms with E-state index in [1.54, 1.807) is 31.6 Å². The summed E-state index contributed by atoms with van der Waals surface area (Å²) in [5, 5.41) is 14.8. The van der Waals surface area contributed by atoms with Crippen LogP contribution in [0.4, 0.5) is 17.5 Å². The second-order valence-corrected chi connectivity index (χ2v) is 10.9. The van der Waals surface area contributed by atoms with Gasteiger partial charge in [-0.05, 0) is 37.1 Å². The van der Waals surface area contributed by atoms with Gasteiger partial charge in [0.2, 0.25) is 5.95 Å². The van der Waals surface area contributed by atoms with Crippen molar-refractivity contribution in [2.45, 2.75) is 52.5 Å². The lowest BCUT2D eigenvalue weighted by Crippen LogP contribution is -2.36. The van der Waals surface area contributed by atoms with Gasteiger partial charge in [0, 0.05) is 61.0 Å². The van der Waals surface area contributed by atoms with Crippen LogP contribution in [0.15, 0.2) is 58.1 Å². The molecule has 0 amide bonds. The summed E-state index contributed by atoms with van der Waals surface area (Å²) in [7, 11) is 0. The van der Waals surface area contributed by atoms with Gasteiger partial charge in [0.05, 0.1) is 36.2 Å². The Balaban J connectivity index is 0.00000168. The minimum absolute atomic E-state index is 0.00748. The fourth-order valence-electron chi connectivity index (χ4n) is 6.04. The normalized spacial score (nSPS) is 15.4. The first kappa shape index (κ1) is 29.3. The number of hydrogen-bond acceptors (Lipinski definition) is 10. The van der Waals surface area contributed by atoms with Crippen LogP contribution >= 0.6 is 0 Å². The summed E-state index contributed by atoms with van der Waals surface area (Å²) in [5.74, 6) is 0.788. The second kappa shape index (κ2) is 12.5. The molecule has 2 fully saturated rings. The number of Topliss-reactive ketones (excluding diaryl/α,β-unsaturated/α-hetero) is 1. The molecule has 7 rings (SSSR count). The van der Waals surface area contributed by atoms with Gasteiger partial charge in [0.1, 0.15) is 17.0 Å². The molecule has 0 radical (unpaired) electrons. The Morgan fingerprint density at radius 3 is 2.55 bits per heavy atom. The lowest BCUT2D eigenvalue weighted by molar-refractivity contribution is 0.100. The van der Waals surface area contributed by atoms with Gasteiger partial charge in [-0.2, -0.15) is 4.98 Å². The largest absolute Gasteiger partial charge is 0.508 e. The van der Waals surface area contributed by atoms with E-state index in [2.05, 4.69) is 19.9 Å². The zero-order chi connectivity index (χ0) is 30.8. The van der Waals surface area contributed by atoms with E-state index in [-0.39, 0.29) is 28.4 Å². The number of phenolic OH excluding ortho intramolecular Hbond substituents is 1. The third-order valence-corrected chi connectivity index (χ3v) is 8.05. The molecule has 5 heterocycles. The minimum atomic E-state index is -0.242. The number of aromatic hydroxyl groups is 1. The Bertz CT molecular complexity index is 1890. The maximum absolute atomic E-state index is 13.1. The number of anilines is 3. The Kier molecular flexibility index (Phi) is 8.30. The number of morpholine rings is 1. The van der Waals surface area contributed by atoms with Crippen molar-refractivity contribution in [2.24, 2.45) is 0 Å². The molecule has 228 valence electrons. The number of aromatic nitrogens is 4. The van der Waals surface area contributed by atoms with Crippen LogP contribution in [0.5, 0.6) is 5.75 Å². The molecule has 0 bridgehead atoms. The van der Waals surface area contributed by atoms with E-state index in [0.29, 0.717) is 66.2 Å². The number of nitrogens with one attached hydrogen (secondary N) is 1. The maximum atomic E-state index is 13.1. The summed E-state index contributed by atoms with van der Waals surface area (Å²) < 4.78 is 13.8. The molecular formula is C33H36N6O5. The van der Waals surface area contributed by atoms with Crippen molar-refractivity contribution in [1.29, 1.82) is 0 Å². The third-order valence-electron chi connectivity index (χ3n) is 8.05. The average Bonchev–Trinajstić information content (AvgIpc) is 3.71. The van der Waals surface area contributed by atoms with E-state index in [1.807, 2.05) is 30.9 Å². The Labute approximate surface area is 254 Å². The van der Waals surface area contributed by atoms with Gasteiger partial charge < -0.3 is 29.0 Å². The van der Waals surface area contributed by atoms with Crippen molar-refractivity contribution < 1.29 is 19.1 Å². The highest BCUT2D eigenvalue weighted by atomic mass is 16.5. The SMILES string of the molecule is CC.CC(=O)c1cc2cnc(Nc3cncc(-c4cc(O)cc5c(=O)cc(N6CCOCC6)oc45)c3)nc2n1C1CCCC1. The highest BCUT2D eigenvalue weighted by molar-refractivity contribution is 5.98. The van der Waals surface area contributed by atoms with Crippen molar-refractivity contribution >= 4 is 45.3 Å². The molecule has 1 aliphatic heterocycles. The summed E-state index contributed by atoms with van der Waals surface area (Å²) in [6, 6.07) is 8.39. The number of rotatable bonds is 6. The van der Waals surface area contributed by atoms with Crippen LogP contribution < -0.4 is 15.6 Å². The Morgan fingerprint density at radius 2 is 1.80 bits per heavy atom. The van der Waals surface area contributed by atoms with Crippen molar-refractivity contribution in [3.8, 4) is 16.9 Å². The molecule has 44 heavy (non-hydrogen) atoms. The van der Waals surface area contributed by atoms with Crippen LogP contribution in [0, 0.1) is 0 Å². The van der Waals surface area contributed by atoms with Crippen molar-refractivity contribution in [2.75, 3.05) is 36.5 Å². The standard InChI is InChI=1S/C31H30N6O5.C2H6/c1-18(38)26-11-20-16-33-31(35-30(20)37(26)22-4-2-3-5-22)34-21-10-19(15-32-17-21)24-12-23(39)13-25-27(40)14-28(42-29(24)25)36-6-8-41-9-7-36;1-2/h10-17,22,39H,2-9H2,1H3,(H,33,34,35);1-2H3. The minimum Gasteiger partial charge on any atom is -0.508 e.